The number of hydrogen-bond acceptors (Lipinski definition) is 6. The van der Waals surface area contributed by atoms with Crippen LogP contribution in [0.3, 0.4) is 0 Å². The highest BCUT2D eigenvalue weighted by molar-refractivity contribution is 8.01. The summed E-state index contributed by atoms with van der Waals surface area (Å²) in [6.07, 6.45) is 1.22. The minimum Gasteiger partial charge on any atom is -0.459 e. The summed E-state index contributed by atoms with van der Waals surface area (Å²) >= 11 is 1.62. The van der Waals surface area contributed by atoms with E-state index in [-0.39, 0.29) is 17.4 Å². The summed E-state index contributed by atoms with van der Waals surface area (Å²) in [5, 5.41) is 0.758. The third-order valence-corrected chi connectivity index (χ3v) is 7.04. The second-order valence-electron chi connectivity index (χ2n) is 7.40. The van der Waals surface area contributed by atoms with Gasteiger partial charge in [0.2, 0.25) is 5.91 Å². The number of esters is 1. The van der Waals surface area contributed by atoms with Gasteiger partial charge in [-0.25, -0.2) is 9.59 Å². The van der Waals surface area contributed by atoms with Gasteiger partial charge in [0.1, 0.15) is 18.2 Å². The van der Waals surface area contributed by atoms with Crippen molar-refractivity contribution in [2.24, 2.45) is 0 Å². The summed E-state index contributed by atoms with van der Waals surface area (Å²) in [6, 6.07) is 4.55. The first-order valence-corrected chi connectivity index (χ1v) is 9.94. The fourth-order valence-electron chi connectivity index (χ4n) is 3.84. The third kappa shape index (κ3) is 3.04. The van der Waals surface area contributed by atoms with Gasteiger partial charge in [0.25, 0.3) is 0 Å². The Kier molecular flexibility index (Phi) is 4.29. The minimum absolute atomic E-state index is 0.00125. The van der Waals surface area contributed by atoms with Gasteiger partial charge in [-0.2, -0.15) is 0 Å². The zero-order valence-electron chi connectivity index (χ0n) is 15.5. The Balaban J connectivity index is 1.57. The Morgan fingerprint density at radius 3 is 2.81 bits per heavy atom. The fraction of sp³-hybridized carbons (Fsp3) is 0.450. The molecule has 0 spiro atoms. The molecule has 1 amide bonds. The summed E-state index contributed by atoms with van der Waals surface area (Å²) in [7, 11) is 0. The molecule has 2 saturated heterocycles. The van der Waals surface area contributed by atoms with E-state index in [1.54, 1.807) is 16.7 Å². The Hall–Kier alpha value is -2.28. The number of nitrogens with zero attached hydrogens (tertiary/aromatic N) is 1. The highest BCUT2D eigenvalue weighted by Gasteiger charge is 2.53. The van der Waals surface area contributed by atoms with Crippen molar-refractivity contribution in [2.75, 3.05) is 5.75 Å². The molecule has 0 saturated carbocycles. The average Bonchev–Trinajstić information content (AvgIpc) is 3.10. The van der Waals surface area contributed by atoms with E-state index in [0.717, 1.165) is 22.9 Å². The second-order valence-corrected chi connectivity index (χ2v) is 8.90. The normalized spacial score (nSPS) is 24.5. The molecule has 142 valence electrons. The smallest absolute Gasteiger partial charge is 0.336 e. The lowest BCUT2D eigenvalue weighted by Gasteiger charge is -2.29. The van der Waals surface area contributed by atoms with Crippen LogP contribution in [0.15, 0.2) is 27.4 Å². The molecule has 2 fully saturated rings. The number of benzene rings is 1. The van der Waals surface area contributed by atoms with E-state index in [2.05, 4.69) is 0 Å². The molecule has 2 aromatic rings. The van der Waals surface area contributed by atoms with E-state index in [0.29, 0.717) is 23.3 Å². The number of aryl methyl sites for hydroxylation is 2. The van der Waals surface area contributed by atoms with E-state index < -0.39 is 17.6 Å². The standard InChI is InChI=1S/C20H21NO5S/c1-11-6-14-13(8-18(23)26-16(14)7-12(11)2)9-25-19(24)15-10-27-20(3)5-4-17(22)21(15)20/h6-8,15H,4-5,9-10H2,1-3H3/t15-,20-/m1/s1. The quantitative estimate of drug-likeness (QED) is 0.595. The number of hydrogen-bond donors (Lipinski definition) is 0. The van der Waals surface area contributed by atoms with Gasteiger partial charge in [0.15, 0.2) is 0 Å². The first-order chi connectivity index (χ1) is 12.8. The van der Waals surface area contributed by atoms with Gasteiger partial charge < -0.3 is 14.1 Å². The van der Waals surface area contributed by atoms with Gasteiger partial charge in [0.05, 0.1) is 4.87 Å². The van der Waals surface area contributed by atoms with Crippen molar-refractivity contribution in [1.29, 1.82) is 0 Å². The Labute approximate surface area is 160 Å². The van der Waals surface area contributed by atoms with Crippen LogP contribution in [0.5, 0.6) is 0 Å². The van der Waals surface area contributed by atoms with Crippen LogP contribution in [-0.2, 0) is 20.9 Å². The maximum atomic E-state index is 12.7. The molecule has 3 heterocycles. The van der Waals surface area contributed by atoms with Crippen molar-refractivity contribution in [3.63, 3.8) is 0 Å². The van der Waals surface area contributed by atoms with Gasteiger partial charge in [-0.3, -0.25) is 4.79 Å². The largest absolute Gasteiger partial charge is 0.459 e. The van der Waals surface area contributed by atoms with Crippen LogP contribution in [0.2, 0.25) is 0 Å². The number of rotatable bonds is 3. The number of thioether (sulfide) groups is 1. The monoisotopic (exact) mass is 387 g/mol. The van der Waals surface area contributed by atoms with Crippen LogP contribution in [0.25, 0.3) is 11.0 Å². The maximum Gasteiger partial charge on any atom is 0.336 e. The second kappa shape index (κ2) is 6.41. The van der Waals surface area contributed by atoms with Gasteiger partial charge in [-0.1, -0.05) is 0 Å². The van der Waals surface area contributed by atoms with E-state index in [1.807, 2.05) is 32.9 Å². The fourth-order valence-corrected chi connectivity index (χ4v) is 5.26. The molecule has 0 N–H and O–H groups in total. The van der Waals surface area contributed by atoms with Crippen molar-refractivity contribution in [3.8, 4) is 0 Å². The van der Waals surface area contributed by atoms with Crippen LogP contribution >= 0.6 is 11.8 Å². The molecule has 2 aliphatic heterocycles. The van der Waals surface area contributed by atoms with Crippen LogP contribution < -0.4 is 5.63 Å². The SMILES string of the molecule is Cc1cc2oc(=O)cc(COC(=O)[C@H]3CS[C@]4(C)CCC(=O)N34)c2cc1C. The molecule has 0 bridgehead atoms. The summed E-state index contributed by atoms with van der Waals surface area (Å²) in [5.41, 5.74) is 2.70. The zero-order valence-corrected chi connectivity index (χ0v) is 16.4. The van der Waals surface area contributed by atoms with Crippen molar-refractivity contribution in [1.82, 2.24) is 4.90 Å². The highest BCUT2D eigenvalue weighted by atomic mass is 32.2. The topological polar surface area (TPSA) is 76.8 Å². The van der Waals surface area contributed by atoms with E-state index in [1.165, 1.54) is 6.07 Å². The first kappa shape index (κ1) is 18.1. The molecular weight excluding hydrogens is 366 g/mol. The zero-order chi connectivity index (χ0) is 19.3. The van der Waals surface area contributed by atoms with E-state index in [4.69, 9.17) is 9.15 Å². The van der Waals surface area contributed by atoms with Crippen molar-refractivity contribution in [2.45, 2.75) is 51.1 Å². The number of carbonyl (C=O) groups is 2. The number of fused-ring (bicyclic) bond motifs is 2. The van der Waals surface area contributed by atoms with E-state index in [9.17, 15) is 14.4 Å². The number of ether oxygens (including phenoxy) is 1. The minimum atomic E-state index is -0.564. The molecule has 4 rings (SSSR count). The van der Waals surface area contributed by atoms with Crippen molar-refractivity contribution in [3.05, 3.63) is 45.3 Å². The average molecular weight is 387 g/mol. The molecule has 6 nitrogen and oxygen atoms in total. The summed E-state index contributed by atoms with van der Waals surface area (Å²) in [5.74, 6) is 0.116. The lowest BCUT2D eigenvalue weighted by molar-refractivity contribution is -0.154. The summed E-state index contributed by atoms with van der Waals surface area (Å²) in [4.78, 5) is 38.1. The molecule has 2 aliphatic rings. The number of amides is 1. The molecule has 0 aliphatic carbocycles. The molecule has 7 heteroatoms. The van der Waals surface area contributed by atoms with Gasteiger partial charge in [0, 0.05) is 29.2 Å². The maximum absolute atomic E-state index is 12.7. The van der Waals surface area contributed by atoms with Crippen molar-refractivity contribution >= 4 is 34.6 Å². The van der Waals surface area contributed by atoms with Crippen LogP contribution in [0, 0.1) is 13.8 Å². The van der Waals surface area contributed by atoms with Gasteiger partial charge in [-0.15, -0.1) is 11.8 Å². The molecule has 1 aromatic heterocycles. The summed E-state index contributed by atoms with van der Waals surface area (Å²) < 4.78 is 10.8. The van der Waals surface area contributed by atoms with Crippen LogP contribution in [0.1, 0.15) is 36.5 Å². The molecule has 0 unspecified atom stereocenters. The van der Waals surface area contributed by atoms with Gasteiger partial charge >= 0.3 is 11.6 Å². The molecular formula is C20H21NO5S. The molecule has 0 radical (unpaired) electrons. The lowest BCUT2D eigenvalue weighted by atomic mass is 10.0. The van der Waals surface area contributed by atoms with Gasteiger partial charge in [-0.05, 0) is 50.5 Å². The number of carbonyl (C=O) groups excluding carboxylic acids is 2. The van der Waals surface area contributed by atoms with Crippen LogP contribution in [0.4, 0.5) is 0 Å². The van der Waals surface area contributed by atoms with Crippen molar-refractivity contribution < 1.29 is 18.7 Å². The summed E-state index contributed by atoms with van der Waals surface area (Å²) in [6.45, 7) is 5.90. The third-order valence-electron chi connectivity index (χ3n) is 5.53. The highest BCUT2D eigenvalue weighted by Crippen LogP contribution is 2.47. The van der Waals surface area contributed by atoms with Crippen LogP contribution in [-0.4, -0.2) is 33.4 Å². The lowest BCUT2D eigenvalue weighted by Crippen LogP contribution is -2.46. The first-order valence-electron chi connectivity index (χ1n) is 8.95. The molecule has 27 heavy (non-hydrogen) atoms. The molecule has 2 atom stereocenters. The predicted octanol–water partition coefficient (Wildman–Crippen LogP) is 2.91. The predicted molar refractivity (Wildman–Crippen MR) is 102 cm³/mol. The Morgan fingerprint density at radius 2 is 2.04 bits per heavy atom. The molecule has 1 aromatic carbocycles. The Morgan fingerprint density at radius 1 is 1.30 bits per heavy atom. The Bertz CT molecular complexity index is 1010. The van der Waals surface area contributed by atoms with E-state index >= 15 is 0 Å².